The third kappa shape index (κ3) is 3.68. The summed E-state index contributed by atoms with van der Waals surface area (Å²) in [5.74, 6) is 0.507. The molecule has 1 amide bonds. The Labute approximate surface area is 166 Å². The molecule has 140 valence electrons. The minimum absolute atomic E-state index is 0.189. The average Bonchev–Trinajstić information content (AvgIpc) is 3.41. The van der Waals surface area contributed by atoms with Gasteiger partial charge in [-0.15, -0.1) is 0 Å². The number of carbonyl (C=O) groups excluding carboxylic acids is 1. The fraction of sp³-hybridized carbons (Fsp3) is 0.0952. The molecular weight excluding hydrogens is 376 g/mol. The molecule has 0 fully saturated rings. The van der Waals surface area contributed by atoms with E-state index in [-0.39, 0.29) is 17.7 Å². The van der Waals surface area contributed by atoms with Crippen molar-refractivity contribution in [1.82, 2.24) is 20.1 Å². The summed E-state index contributed by atoms with van der Waals surface area (Å²) in [4.78, 5) is 16.5. The second-order valence-electron chi connectivity index (χ2n) is 6.27. The molecule has 1 unspecified atom stereocenters. The highest BCUT2D eigenvalue weighted by atomic mass is 35.5. The number of amides is 1. The van der Waals surface area contributed by atoms with Gasteiger partial charge in [0.25, 0.3) is 5.91 Å². The topological polar surface area (TPSA) is 73.0 Å². The van der Waals surface area contributed by atoms with Crippen molar-refractivity contribution in [1.29, 1.82) is 0 Å². The number of aromatic nitrogens is 3. The first-order valence-electron chi connectivity index (χ1n) is 8.72. The van der Waals surface area contributed by atoms with Crippen LogP contribution >= 0.6 is 11.6 Å². The van der Waals surface area contributed by atoms with Crippen LogP contribution in [0.1, 0.15) is 29.1 Å². The standard InChI is InChI=1S/C21H17ClN4O2/c1-14(15-6-8-16(9-7-15)26-13-23-12-24-26)25-21(27)20-11-10-19(28-20)17-4-2-3-5-18(17)22/h2-14H,1H3,(H,25,27). The van der Waals surface area contributed by atoms with Crippen molar-refractivity contribution in [2.24, 2.45) is 0 Å². The van der Waals surface area contributed by atoms with Crippen LogP contribution in [0.4, 0.5) is 0 Å². The van der Waals surface area contributed by atoms with E-state index in [4.69, 9.17) is 16.0 Å². The highest BCUT2D eigenvalue weighted by Gasteiger charge is 2.16. The lowest BCUT2D eigenvalue weighted by Crippen LogP contribution is -2.26. The molecular formula is C21H17ClN4O2. The first-order valence-corrected chi connectivity index (χ1v) is 9.10. The normalized spacial score (nSPS) is 11.9. The van der Waals surface area contributed by atoms with Gasteiger partial charge in [0, 0.05) is 5.56 Å². The predicted molar refractivity (Wildman–Crippen MR) is 106 cm³/mol. The lowest BCUT2D eigenvalue weighted by Gasteiger charge is -2.14. The van der Waals surface area contributed by atoms with Gasteiger partial charge in [-0.2, -0.15) is 5.10 Å². The summed E-state index contributed by atoms with van der Waals surface area (Å²) >= 11 is 6.19. The van der Waals surface area contributed by atoms with E-state index in [1.165, 1.54) is 6.33 Å². The Morgan fingerprint density at radius 2 is 1.89 bits per heavy atom. The van der Waals surface area contributed by atoms with Crippen LogP contribution in [0.5, 0.6) is 0 Å². The molecule has 0 radical (unpaired) electrons. The van der Waals surface area contributed by atoms with Crippen molar-refractivity contribution in [3.05, 3.63) is 89.7 Å². The lowest BCUT2D eigenvalue weighted by atomic mass is 10.1. The Morgan fingerprint density at radius 3 is 2.61 bits per heavy atom. The van der Waals surface area contributed by atoms with Crippen molar-refractivity contribution in [2.75, 3.05) is 0 Å². The average molecular weight is 393 g/mol. The molecule has 1 N–H and O–H groups in total. The van der Waals surface area contributed by atoms with E-state index in [9.17, 15) is 4.79 Å². The van der Waals surface area contributed by atoms with E-state index in [2.05, 4.69) is 15.4 Å². The summed E-state index contributed by atoms with van der Waals surface area (Å²) in [6.45, 7) is 1.92. The van der Waals surface area contributed by atoms with Crippen LogP contribution in [0.2, 0.25) is 5.02 Å². The molecule has 6 nitrogen and oxygen atoms in total. The number of nitrogens with zero attached hydrogens (tertiary/aromatic N) is 3. The van der Waals surface area contributed by atoms with Gasteiger partial charge in [0.05, 0.1) is 16.8 Å². The van der Waals surface area contributed by atoms with Gasteiger partial charge in [-0.05, 0) is 48.9 Å². The number of rotatable bonds is 5. The Bertz CT molecular complexity index is 1090. The van der Waals surface area contributed by atoms with E-state index in [1.807, 2.05) is 49.4 Å². The summed E-state index contributed by atoms with van der Waals surface area (Å²) in [5.41, 5.74) is 2.62. The van der Waals surface area contributed by atoms with Crippen LogP contribution in [-0.2, 0) is 0 Å². The largest absolute Gasteiger partial charge is 0.451 e. The van der Waals surface area contributed by atoms with Crippen molar-refractivity contribution in [3.63, 3.8) is 0 Å². The molecule has 0 bridgehead atoms. The van der Waals surface area contributed by atoms with E-state index in [0.29, 0.717) is 10.8 Å². The third-order valence-electron chi connectivity index (χ3n) is 4.39. The molecule has 0 spiro atoms. The van der Waals surface area contributed by atoms with E-state index < -0.39 is 0 Å². The van der Waals surface area contributed by atoms with Crippen LogP contribution in [0.25, 0.3) is 17.0 Å². The van der Waals surface area contributed by atoms with Gasteiger partial charge in [0.2, 0.25) is 0 Å². The first-order chi connectivity index (χ1) is 13.6. The Morgan fingerprint density at radius 1 is 1.11 bits per heavy atom. The fourth-order valence-corrected chi connectivity index (χ4v) is 3.10. The molecule has 0 saturated carbocycles. The monoisotopic (exact) mass is 392 g/mol. The Balaban J connectivity index is 1.46. The summed E-state index contributed by atoms with van der Waals surface area (Å²) < 4.78 is 7.37. The molecule has 2 heterocycles. The van der Waals surface area contributed by atoms with E-state index in [1.54, 1.807) is 29.2 Å². The highest BCUT2D eigenvalue weighted by Crippen LogP contribution is 2.29. The lowest BCUT2D eigenvalue weighted by molar-refractivity contribution is 0.0912. The number of halogens is 1. The van der Waals surface area contributed by atoms with Gasteiger partial charge >= 0.3 is 0 Å². The Hall–Kier alpha value is -3.38. The second-order valence-corrected chi connectivity index (χ2v) is 6.68. The van der Waals surface area contributed by atoms with Crippen LogP contribution in [-0.4, -0.2) is 20.7 Å². The molecule has 0 aliphatic rings. The summed E-state index contributed by atoms with van der Waals surface area (Å²) in [7, 11) is 0. The number of furan rings is 1. The van der Waals surface area contributed by atoms with Gasteiger partial charge in [0.1, 0.15) is 18.4 Å². The van der Waals surface area contributed by atoms with Gasteiger partial charge in [-0.1, -0.05) is 35.9 Å². The van der Waals surface area contributed by atoms with Crippen molar-refractivity contribution < 1.29 is 9.21 Å². The molecule has 0 saturated heterocycles. The fourth-order valence-electron chi connectivity index (χ4n) is 2.87. The van der Waals surface area contributed by atoms with Gasteiger partial charge in [0.15, 0.2) is 5.76 Å². The van der Waals surface area contributed by atoms with Gasteiger partial charge < -0.3 is 9.73 Å². The van der Waals surface area contributed by atoms with Gasteiger partial charge in [-0.25, -0.2) is 9.67 Å². The molecule has 4 aromatic rings. The van der Waals surface area contributed by atoms with Crippen LogP contribution in [0.3, 0.4) is 0 Å². The highest BCUT2D eigenvalue weighted by molar-refractivity contribution is 6.33. The molecule has 0 aliphatic carbocycles. The van der Waals surface area contributed by atoms with E-state index in [0.717, 1.165) is 16.8 Å². The smallest absolute Gasteiger partial charge is 0.287 e. The van der Waals surface area contributed by atoms with Crippen molar-refractivity contribution >= 4 is 17.5 Å². The minimum atomic E-state index is -0.286. The van der Waals surface area contributed by atoms with Gasteiger partial charge in [-0.3, -0.25) is 4.79 Å². The molecule has 2 aromatic heterocycles. The number of hydrogen-bond donors (Lipinski definition) is 1. The zero-order valence-corrected chi connectivity index (χ0v) is 15.8. The zero-order valence-electron chi connectivity index (χ0n) is 15.0. The van der Waals surface area contributed by atoms with Crippen molar-refractivity contribution in [2.45, 2.75) is 13.0 Å². The molecule has 7 heteroatoms. The maximum atomic E-state index is 12.6. The predicted octanol–water partition coefficient (Wildman–Crippen LogP) is 4.67. The maximum absolute atomic E-state index is 12.6. The molecule has 4 rings (SSSR count). The molecule has 28 heavy (non-hydrogen) atoms. The number of hydrogen-bond acceptors (Lipinski definition) is 4. The second kappa shape index (κ2) is 7.70. The Kier molecular flexibility index (Phi) is 4.95. The third-order valence-corrected chi connectivity index (χ3v) is 4.72. The van der Waals surface area contributed by atoms with Crippen LogP contribution in [0.15, 0.2) is 77.7 Å². The van der Waals surface area contributed by atoms with Crippen LogP contribution < -0.4 is 5.32 Å². The maximum Gasteiger partial charge on any atom is 0.287 e. The SMILES string of the molecule is CC(NC(=O)c1ccc(-c2ccccc2Cl)o1)c1ccc(-n2cncn2)cc1. The van der Waals surface area contributed by atoms with E-state index >= 15 is 0 Å². The molecule has 0 aliphatic heterocycles. The summed E-state index contributed by atoms with van der Waals surface area (Å²) in [6, 6.07) is 18.3. The molecule has 1 atom stereocenters. The first kappa shape index (κ1) is 18.0. The number of benzene rings is 2. The zero-order chi connectivity index (χ0) is 19.5. The summed E-state index contributed by atoms with van der Waals surface area (Å²) in [5, 5.41) is 7.62. The number of carbonyl (C=O) groups is 1. The quantitative estimate of drug-likeness (QED) is 0.535. The number of nitrogens with one attached hydrogen (secondary N) is 1. The minimum Gasteiger partial charge on any atom is -0.451 e. The van der Waals surface area contributed by atoms with Crippen molar-refractivity contribution in [3.8, 4) is 17.0 Å². The summed E-state index contributed by atoms with van der Waals surface area (Å²) in [6.07, 6.45) is 3.12. The molecule has 2 aromatic carbocycles. The van der Waals surface area contributed by atoms with Crippen LogP contribution in [0, 0.1) is 0 Å².